The molecule has 7 nitrogen and oxygen atoms in total. The van der Waals surface area contributed by atoms with E-state index in [-0.39, 0.29) is 5.56 Å². The maximum absolute atomic E-state index is 12.8. The molecule has 0 spiro atoms. The van der Waals surface area contributed by atoms with Crippen molar-refractivity contribution in [2.75, 3.05) is 23.0 Å². The molecule has 2 rings (SSSR count). The molecule has 0 aliphatic carbocycles. The Balaban J connectivity index is 2.34. The summed E-state index contributed by atoms with van der Waals surface area (Å²) < 4.78 is 30.5. The van der Waals surface area contributed by atoms with Crippen LogP contribution in [0.2, 0.25) is 0 Å². The number of benzene rings is 2. The Morgan fingerprint density at radius 3 is 2.21 bits per heavy atom. The van der Waals surface area contributed by atoms with Crippen molar-refractivity contribution in [3.05, 3.63) is 59.2 Å². The number of aryl methyl sites for hydroxylation is 2. The van der Waals surface area contributed by atoms with E-state index in [2.05, 4.69) is 5.32 Å². The van der Waals surface area contributed by atoms with E-state index in [0.29, 0.717) is 11.4 Å². The van der Waals surface area contributed by atoms with E-state index in [4.69, 9.17) is 4.74 Å². The standard InChI is InChI=1S/C20H24N2O5S/c1-13-6-10-17(11-7-13)22(28(5,25)26)15(3)19(23)21-18-12-16(20(24)27-4)9-8-14(18)2/h6-12,15H,1-5H3,(H,21,23)/t15-/m1/s1. The summed E-state index contributed by atoms with van der Waals surface area (Å²) in [5.41, 5.74) is 2.81. The molecule has 28 heavy (non-hydrogen) atoms. The molecule has 0 aliphatic heterocycles. The number of esters is 1. The Morgan fingerprint density at radius 2 is 1.68 bits per heavy atom. The highest BCUT2D eigenvalue weighted by Crippen LogP contribution is 2.23. The molecule has 2 aromatic carbocycles. The lowest BCUT2D eigenvalue weighted by Crippen LogP contribution is -2.45. The number of hydrogen-bond acceptors (Lipinski definition) is 5. The van der Waals surface area contributed by atoms with Crippen molar-refractivity contribution in [1.29, 1.82) is 0 Å². The monoisotopic (exact) mass is 404 g/mol. The van der Waals surface area contributed by atoms with Gasteiger partial charge < -0.3 is 10.1 Å². The van der Waals surface area contributed by atoms with Gasteiger partial charge in [0, 0.05) is 5.69 Å². The summed E-state index contributed by atoms with van der Waals surface area (Å²) in [4.78, 5) is 24.5. The molecule has 1 amide bonds. The van der Waals surface area contributed by atoms with Crippen LogP contribution in [0.5, 0.6) is 0 Å². The molecule has 0 aliphatic rings. The summed E-state index contributed by atoms with van der Waals surface area (Å²) in [6, 6.07) is 10.6. The maximum Gasteiger partial charge on any atom is 0.337 e. The van der Waals surface area contributed by atoms with Gasteiger partial charge in [0.25, 0.3) is 0 Å². The van der Waals surface area contributed by atoms with Gasteiger partial charge in [-0.2, -0.15) is 0 Å². The fourth-order valence-corrected chi connectivity index (χ4v) is 3.91. The Hall–Kier alpha value is -2.87. The summed E-state index contributed by atoms with van der Waals surface area (Å²) in [5, 5.41) is 2.71. The van der Waals surface area contributed by atoms with Crippen LogP contribution in [0.3, 0.4) is 0 Å². The Labute approximate surface area is 165 Å². The van der Waals surface area contributed by atoms with Crippen LogP contribution >= 0.6 is 0 Å². The molecule has 0 saturated carbocycles. The molecule has 0 bridgehead atoms. The Kier molecular flexibility index (Phi) is 6.45. The van der Waals surface area contributed by atoms with Crippen molar-refractivity contribution < 1.29 is 22.7 Å². The summed E-state index contributed by atoms with van der Waals surface area (Å²) in [6.45, 7) is 5.17. The molecule has 0 fully saturated rings. The van der Waals surface area contributed by atoms with E-state index in [0.717, 1.165) is 21.7 Å². The molecule has 150 valence electrons. The molecule has 2 aromatic rings. The highest BCUT2D eigenvalue weighted by molar-refractivity contribution is 7.92. The largest absolute Gasteiger partial charge is 0.465 e. The quantitative estimate of drug-likeness (QED) is 0.748. The molecular formula is C20H24N2O5S. The van der Waals surface area contributed by atoms with Crippen molar-refractivity contribution >= 4 is 33.3 Å². The van der Waals surface area contributed by atoms with Crippen LogP contribution in [-0.4, -0.2) is 39.7 Å². The second-order valence-electron chi connectivity index (χ2n) is 6.58. The van der Waals surface area contributed by atoms with Gasteiger partial charge in [0.05, 0.1) is 24.6 Å². The van der Waals surface area contributed by atoms with E-state index in [1.807, 2.05) is 6.92 Å². The van der Waals surface area contributed by atoms with Crippen LogP contribution in [0.4, 0.5) is 11.4 Å². The van der Waals surface area contributed by atoms with Crippen LogP contribution in [0.15, 0.2) is 42.5 Å². The summed E-state index contributed by atoms with van der Waals surface area (Å²) >= 11 is 0. The Morgan fingerprint density at radius 1 is 1.07 bits per heavy atom. The van der Waals surface area contributed by atoms with Crippen molar-refractivity contribution in [3.8, 4) is 0 Å². The number of methoxy groups -OCH3 is 1. The molecule has 1 atom stereocenters. The lowest BCUT2D eigenvalue weighted by Gasteiger charge is -2.28. The summed E-state index contributed by atoms with van der Waals surface area (Å²) in [7, 11) is -2.43. The van der Waals surface area contributed by atoms with E-state index in [1.54, 1.807) is 43.3 Å². The van der Waals surface area contributed by atoms with E-state index < -0.39 is 27.9 Å². The predicted molar refractivity (Wildman–Crippen MR) is 109 cm³/mol. The third kappa shape index (κ3) is 4.89. The first kappa shape index (κ1) is 21.4. The summed E-state index contributed by atoms with van der Waals surface area (Å²) in [6.07, 6.45) is 1.06. The zero-order chi connectivity index (χ0) is 21.1. The Bertz CT molecular complexity index is 984. The van der Waals surface area contributed by atoms with Crippen LogP contribution in [0, 0.1) is 13.8 Å². The van der Waals surface area contributed by atoms with Crippen molar-refractivity contribution in [2.45, 2.75) is 26.8 Å². The number of nitrogens with one attached hydrogen (secondary N) is 1. The number of amides is 1. The molecule has 0 radical (unpaired) electrons. The third-order valence-corrected chi connectivity index (χ3v) is 5.54. The summed E-state index contributed by atoms with van der Waals surface area (Å²) in [5.74, 6) is -1.04. The van der Waals surface area contributed by atoms with E-state index >= 15 is 0 Å². The van der Waals surface area contributed by atoms with Gasteiger partial charge in [0.2, 0.25) is 15.9 Å². The third-order valence-electron chi connectivity index (χ3n) is 4.29. The number of carbonyl (C=O) groups is 2. The topological polar surface area (TPSA) is 92.8 Å². The number of rotatable bonds is 6. The highest BCUT2D eigenvalue weighted by atomic mass is 32.2. The molecule has 8 heteroatoms. The van der Waals surface area contributed by atoms with Gasteiger partial charge >= 0.3 is 5.97 Å². The molecule has 0 saturated heterocycles. The van der Waals surface area contributed by atoms with E-state index in [9.17, 15) is 18.0 Å². The second-order valence-corrected chi connectivity index (χ2v) is 8.44. The van der Waals surface area contributed by atoms with Gasteiger partial charge in [0.15, 0.2) is 0 Å². The number of sulfonamides is 1. The maximum atomic E-state index is 12.8. The van der Waals surface area contributed by atoms with Crippen molar-refractivity contribution in [3.63, 3.8) is 0 Å². The molecule has 0 heterocycles. The zero-order valence-electron chi connectivity index (χ0n) is 16.5. The van der Waals surface area contributed by atoms with Gasteiger partial charge in [-0.15, -0.1) is 0 Å². The molecule has 1 N–H and O–H groups in total. The van der Waals surface area contributed by atoms with Crippen LogP contribution in [-0.2, 0) is 19.6 Å². The first-order valence-electron chi connectivity index (χ1n) is 8.60. The number of nitrogens with zero attached hydrogens (tertiary/aromatic N) is 1. The van der Waals surface area contributed by atoms with Gasteiger partial charge in [-0.3, -0.25) is 9.10 Å². The smallest absolute Gasteiger partial charge is 0.337 e. The fourth-order valence-electron chi connectivity index (χ4n) is 2.74. The lowest BCUT2D eigenvalue weighted by atomic mass is 10.1. The minimum Gasteiger partial charge on any atom is -0.465 e. The number of carbonyl (C=O) groups excluding carboxylic acids is 2. The van der Waals surface area contributed by atoms with Crippen molar-refractivity contribution in [1.82, 2.24) is 0 Å². The van der Waals surface area contributed by atoms with Gasteiger partial charge in [-0.1, -0.05) is 23.8 Å². The first-order valence-corrected chi connectivity index (χ1v) is 10.5. The average molecular weight is 404 g/mol. The van der Waals surface area contributed by atoms with Gasteiger partial charge in [-0.05, 0) is 50.6 Å². The van der Waals surface area contributed by atoms with Crippen LogP contribution in [0.25, 0.3) is 0 Å². The van der Waals surface area contributed by atoms with Gasteiger partial charge in [-0.25, -0.2) is 13.2 Å². The van der Waals surface area contributed by atoms with Crippen molar-refractivity contribution in [2.24, 2.45) is 0 Å². The van der Waals surface area contributed by atoms with Crippen LogP contribution < -0.4 is 9.62 Å². The number of hydrogen-bond donors (Lipinski definition) is 1. The second kappa shape index (κ2) is 8.43. The molecule has 0 unspecified atom stereocenters. The fraction of sp³-hybridized carbons (Fsp3) is 0.300. The number of ether oxygens (including phenoxy) is 1. The first-order chi connectivity index (χ1) is 13.0. The lowest BCUT2D eigenvalue weighted by molar-refractivity contribution is -0.116. The normalized spacial score (nSPS) is 12.2. The number of anilines is 2. The van der Waals surface area contributed by atoms with E-state index in [1.165, 1.54) is 20.1 Å². The highest BCUT2D eigenvalue weighted by Gasteiger charge is 2.29. The predicted octanol–water partition coefficient (Wildman–Crippen LogP) is 2.88. The van der Waals surface area contributed by atoms with Gasteiger partial charge in [0.1, 0.15) is 6.04 Å². The SMILES string of the molecule is COC(=O)c1ccc(C)c(NC(=O)[C@@H](C)N(c2ccc(C)cc2)S(C)(=O)=O)c1. The molecule has 0 aromatic heterocycles. The minimum absolute atomic E-state index is 0.287. The van der Waals surface area contributed by atoms with Crippen LogP contribution in [0.1, 0.15) is 28.4 Å². The minimum atomic E-state index is -3.70. The zero-order valence-corrected chi connectivity index (χ0v) is 17.3. The average Bonchev–Trinajstić information content (AvgIpc) is 2.63. The molecular weight excluding hydrogens is 380 g/mol.